The normalized spacial score (nSPS) is 11.2. The fraction of sp³-hybridized carbons (Fsp3) is 0.200. The average Bonchev–Trinajstić information content (AvgIpc) is 2.81. The predicted octanol–water partition coefficient (Wildman–Crippen LogP) is 4.78. The molecule has 2 nitrogen and oxygen atoms in total. The molecule has 1 aromatic carbocycles. The van der Waals surface area contributed by atoms with Crippen LogP contribution in [0.5, 0.6) is 0 Å². The maximum absolute atomic E-state index is 13.2. The van der Waals surface area contributed by atoms with Gasteiger partial charge < -0.3 is 0 Å². The van der Waals surface area contributed by atoms with Gasteiger partial charge in [-0.2, -0.15) is 0 Å². The van der Waals surface area contributed by atoms with Crippen molar-refractivity contribution in [1.29, 1.82) is 0 Å². The number of aromatic nitrogens is 2. The Labute approximate surface area is 129 Å². The van der Waals surface area contributed by atoms with Crippen molar-refractivity contribution in [2.24, 2.45) is 0 Å². The second-order valence-corrected chi connectivity index (χ2v) is 6.14. The SMILES string of the molecule is CCc1cc2c(Cl)nc(Cc3cc(F)cc(F)c3)nc2s1. The third kappa shape index (κ3) is 3.04. The maximum atomic E-state index is 13.2. The summed E-state index contributed by atoms with van der Waals surface area (Å²) in [6.45, 7) is 2.06. The van der Waals surface area contributed by atoms with Crippen molar-refractivity contribution in [2.75, 3.05) is 0 Å². The summed E-state index contributed by atoms with van der Waals surface area (Å²) in [5, 5.41) is 1.20. The van der Waals surface area contributed by atoms with Crippen molar-refractivity contribution in [1.82, 2.24) is 9.97 Å². The molecular weight excluding hydrogens is 314 g/mol. The van der Waals surface area contributed by atoms with E-state index in [-0.39, 0.29) is 6.42 Å². The summed E-state index contributed by atoms with van der Waals surface area (Å²) in [5.41, 5.74) is 0.482. The highest BCUT2D eigenvalue weighted by Gasteiger charge is 2.11. The van der Waals surface area contributed by atoms with Crippen LogP contribution >= 0.6 is 22.9 Å². The highest BCUT2D eigenvalue weighted by Crippen LogP contribution is 2.29. The molecule has 0 aliphatic rings. The molecule has 0 saturated heterocycles. The van der Waals surface area contributed by atoms with Gasteiger partial charge in [-0.25, -0.2) is 18.7 Å². The highest BCUT2D eigenvalue weighted by atomic mass is 35.5. The molecule has 3 rings (SSSR count). The van der Waals surface area contributed by atoms with E-state index in [1.165, 1.54) is 17.0 Å². The van der Waals surface area contributed by atoms with Gasteiger partial charge >= 0.3 is 0 Å². The van der Waals surface area contributed by atoms with E-state index in [4.69, 9.17) is 11.6 Å². The molecule has 21 heavy (non-hydrogen) atoms. The number of nitrogens with zero attached hydrogens (tertiary/aromatic N) is 2. The lowest BCUT2D eigenvalue weighted by Gasteiger charge is -2.03. The van der Waals surface area contributed by atoms with Crippen LogP contribution in [0.2, 0.25) is 5.15 Å². The van der Waals surface area contributed by atoms with Crippen molar-refractivity contribution >= 4 is 33.2 Å². The van der Waals surface area contributed by atoms with Gasteiger partial charge in [-0.1, -0.05) is 18.5 Å². The van der Waals surface area contributed by atoms with Gasteiger partial charge in [-0.15, -0.1) is 11.3 Å². The first-order valence-corrected chi connectivity index (χ1v) is 7.64. The maximum Gasteiger partial charge on any atom is 0.141 e. The van der Waals surface area contributed by atoms with Gasteiger partial charge in [0.15, 0.2) is 0 Å². The van der Waals surface area contributed by atoms with E-state index in [0.29, 0.717) is 16.5 Å². The second-order valence-electron chi connectivity index (χ2n) is 4.67. The molecule has 0 atom stereocenters. The van der Waals surface area contributed by atoms with Gasteiger partial charge in [0.25, 0.3) is 0 Å². The number of hydrogen-bond donors (Lipinski definition) is 0. The van der Waals surface area contributed by atoms with Crippen LogP contribution in [0.1, 0.15) is 23.2 Å². The van der Waals surface area contributed by atoms with E-state index >= 15 is 0 Å². The van der Waals surface area contributed by atoms with E-state index in [2.05, 4.69) is 16.9 Å². The summed E-state index contributed by atoms with van der Waals surface area (Å²) in [6, 6.07) is 5.37. The smallest absolute Gasteiger partial charge is 0.141 e. The van der Waals surface area contributed by atoms with Gasteiger partial charge in [0.1, 0.15) is 27.4 Å². The molecule has 0 N–H and O–H groups in total. The molecule has 0 amide bonds. The lowest BCUT2D eigenvalue weighted by Crippen LogP contribution is -1.98. The molecule has 0 saturated carbocycles. The summed E-state index contributed by atoms with van der Waals surface area (Å²) in [7, 11) is 0. The molecule has 0 fully saturated rings. The lowest BCUT2D eigenvalue weighted by molar-refractivity contribution is 0.580. The van der Waals surface area contributed by atoms with Crippen LogP contribution in [0.15, 0.2) is 24.3 Å². The number of thiophene rings is 1. The lowest BCUT2D eigenvalue weighted by atomic mass is 10.1. The molecule has 0 unspecified atom stereocenters. The van der Waals surface area contributed by atoms with Crippen LogP contribution in [0.4, 0.5) is 8.78 Å². The van der Waals surface area contributed by atoms with Crippen LogP contribution in [0.3, 0.4) is 0 Å². The van der Waals surface area contributed by atoms with E-state index < -0.39 is 11.6 Å². The standard InChI is InChI=1S/C15H11ClF2N2S/c1-2-11-7-12-14(16)19-13(20-15(12)21-11)5-8-3-9(17)6-10(18)4-8/h3-4,6-7H,2,5H2,1H3. The molecule has 0 aliphatic carbocycles. The largest absolute Gasteiger partial charge is 0.222 e. The van der Waals surface area contributed by atoms with Gasteiger partial charge in [0, 0.05) is 22.8 Å². The van der Waals surface area contributed by atoms with Gasteiger partial charge in [-0.05, 0) is 30.2 Å². The molecule has 108 valence electrons. The first-order chi connectivity index (χ1) is 10.0. The van der Waals surface area contributed by atoms with Gasteiger partial charge in [0.05, 0.1) is 0 Å². The van der Waals surface area contributed by atoms with Crippen molar-refractivity contribution in [3.63, 3.8) is 0 Å². The van der Waals surface area contributed by atoms with E-state index in [1.807, 2.05) is 6.07 Å². The minimum Gasteiger partial charge on any atom is -0.222 e. The second kappa shape index (κ2) is 5.66. The Morgan fingerprint density at radius 3 is 2.48 bits per heavy atom. The van der Waals surface area contributed by atoms with E-state index in [9.17, 15) is 8.78 Å². The molecule has 3 aromatic rings. The first-order valence-electron chi connectivity index (χ1n) is 6.45. The monoisotopic (exact) mass is 324 g/mol. The van der Waals surface area contributed by atoms with Crippen molar-refractivity contribution in [3.8, 4) is 0 Å². The number of rotatable bonds is 3. The minimum atomic E-state index is -0.610. The number of benzene rings is 1. The van der Waals surface area contributed by atoms with E-state index in [0.717, 1.165) is 22.7 Å². The molecule has 6 heteroatoms. The Morgan fingerprint density at radius 1 is 1.10 bits per heavy atom. The Bertz CT molecular complexity index is 797. The summed E-state index contributed by atoms with van der Waals surface area (Å²) in [5.74, 6) is -0.759. The van der Waals surface area contributed by atoms with Crippen LogP contribution in [-0.4, -0.2) is 9.97 Å². The molecule has 0 bridgehead atoms. The van der Waals surface area contributed by atoms with E-state index in [1.54, 1.807) is 11.3 Å². The van der Waals surface area contributed by atoms with Gasteiger partial charge in [0.2, 0.25) is 0 Å². The fourth-order valence-corrected chi connectivity index (χ4v) is 3.41. The predicted molar refractivity (Wildman–Crippen MR) is 81.0 cm³/mol. The number of halogens is 3. The summed E-state index contributed by atoms with van der Waals surface area (Å²) < 4.78 is 26.4. The Balaban J connectivity index is 2.00. The van der Waals surface area contributed by atoms with Crippen LogP contribution < -0.4 is 0 Å². The molecular formula is C15H11ClF2N2S. The Kier molecular flexibility index (Phi) is 3.87. The zero-order chi connectivity index (χ0) is 15.0. The van der Waals surface area contributed by atoms with Crippen LogP contribution in [-0.2, 0) is 12.8 Å². The number of fused-ring (bicyclic) bond motifs is 1. The highest BCUT2D eigenvalue weighted by molar-refractivity contribution is 7.18. The Morgan fingerprint density at radius 2 is 1.81 bits per heavy atom. The van der Waals surface area contributed by atoms with Crippen LogP contribution in [0.25, 0.3) is 10.2 Å². The first kappa shape index (κ1) is 14.4. The van der Waals surface area contributed by atoms with Crippen LogP contribution in [0, 0.1) is 11.6 Å². The third-order valence-electron chi connectivity index (χ3n) is 3.08. The summed E-state index contributed by atoms with van der Waals surface area (Å²) in [6.07, 6.45) is 1.14. The Hall–Kier alpha value is -1.59. The fourth-order valence-electron chi connectivity index (χ4n) is 2.13. The molecule has 2 heterocycles. The number of aryl methyl sites for hydroxylation is 1. The summed E-state index contributed by atoms with van der Waals surface area (Å²) >= 11 is 7.73. The molecule has 2 aromatic heterocycles. The average molecular weight is 325 g/mol. The summed E-state index contributed by atoms with van der Waals surface area (Å²) in [4.78, 5) is 10.6. The third-order valence-corrected chi connectivity index (χ3v) is 4.54. The molecule has 0 spiro atoms. The van der Waals surface area contributed by atoms with Crippen molar-refractivity contribution < 1.29 is 8.78 Å². The van der Waals surface area contributed by atoms with Crippen molar-refractivity contribution in [2.45, 2.75) is 19.8 Å². The topological polar surface area (TPSA) is 25.8 Å². The van der Waals surface area contributed by atoms with Crippen molar-refractivity contribution in [3.05, 3.63) is 57.3 Å². The minimum absolute atomic E-state index is 0.240. The zero-order valence-corrected chi connectivity index (χ0v) is 12.7. The molecule has 0 aliphatic heterocycles. The number of hydrogen-bond acceptors (Lipinski definition) is 3. The quantitative estimate of drug-likeness (QED) is 0.648. The molecule has 0 radical (unpaired) electrons. The van der Waals surface area contributed by atoms with Gasteiger partial charge in [-0.3, -0.25) is 0 Å². The zero-order valence-electron chi connectivity index (χ0n) is 11.2.